The molecule has 1 N–H and O–H groups in total. The number of nitro groups is 1. The van der Waals surface area contributed by atoms with Crippen LogP contribution in [0.1, 0.15) is 28.1 Å². The first kappa shape index (κ1) is 20.0. The second-order valence-corrected chi connectivity index (χ2v) is 6.85. The van der Waals surface area contributed by atoms with Gasteiger partial charge in [0.25, 0.3) is 5.69 Å². The maximum Gasteiger partial charge on any atom is 0.273 e. The maximum absolute atomic E-state index is 12.1. The lowest BCUT2D eigenvalue weighted by molar-refractivity contribution is -0.385. The van der Waals surface area contributed by atoms with Crippen LogP contribution in [-0.4, -0.2) is 21.6 Å². The summed E-state index contributed by atoms with van der Waals surface area (Å²) in [5.74, 6) is -0.414. The molecule has 0 atom stereocenters. The summed E-state index contributed by atoms with van der Waals surface area (Å²) in [5.41, 5.74) is 7.92. The van der Waals surface area contributed by atoms with Gasteiger partial charge in [-0.15, -0.1) is 0 Å². The summed E-state index contributed by atoms with van der Waals surface area (Å²) < 4.78 is 2.12. The van der Waals surface area contributed by atoms with E-state index in [1.165, 1.54) is 11.6 Å². The number of nitrogens with one attached hydrogen (secondary N) is 1. The summed E-state index contributed by atoms with van der Waals surface area (Å²) in [6, 6.07) is 16.4. The number of nitro benzene ring substituents is 1. The number of hydrazone groups is 1. The van der Waals surface area contributed by atoms with E-state index in [1.807, 2.05) is 26.8 Å². The summed E-state index contributed by atoms with van der Waals surface area (Å²) in [6.45, 7) is 6.05. The molecule has 0 aliphatic carbocycles. The number of rotatable bonds is 6. The molecule has 0 bridgehead atoms. The summed E-state index contributed by atoms with van der Waals surface area (Å²) in [4.78, 5) is 22.7. The van der Waals surface area contributed by atoms with E-state index in [9.17, 15) is 14.9 Å². The van der Waals surface area contributed by atoms with Gasteiger partial charge in [0, 0.05) is 34.3 Å². The molecule has 0 fully saturated rings. The van der Waals surface area contributed by atoms with E-state index >= 15 is 0 Å². The van der Waals surface area contributed by atoms with Crippen molar-refractivity contribution in [3.63, 3.8) is 0 Å². The summed E-state index contributed by atoms with van der Waals surface area (Å²) in [6.07, 6.45) is 1.47. The minimum Gasteiger partial charge on any atom is -0.318 e. The van der Waals surface area contributed by atoms with E-state index in [2.05, 4.69) is 39.4 Å². The standard InChI is InChI=1S/C22H22N4O3/c1-15-8-10-20(11-9-15)25-16(2)12-19(17(25)3)14-23-24-22(27)13-18-6-4-5-7-21(18)26(28)29/h4-12,14H,13H2,1-3H3,(H,24,27)/b23-14-. The molecule has 1 heterocycles. The van der Waals surface area contributed by atoms with Crippen LogP contribution >= 0.6 is 0 Å². The fourth-order valence-electron chi connectivity index (χ4n) is 3.23. The van der Waals surface area contributed by atoms with Gasteiger partial charge in [-0.2, -0.15) is 5.10 Å². The van der Waals surface area contributed by atoms with Crippen LogP contribution in [0.2, 0.25) is 0 Å². The van der Waals surface area contributed by atoms with Crippen molar-refractivity contribution >= 4 is 17.8 Å². The van der Waals surface area contributed by atoms with Crippen LogP contribution in [-0.2, 0) is 11.2 Å². The van der Waals surface area contributed by atoms with Gasteiger partial charge < -0.3 is 4.57 Å². The average Bonchev–Trinajstić information content (AvgIpc) is 2.96. The number of benzene rings is 2. The Morgan fingerprint density at radius 2 is 1.83 bits per heavy atom. The van der Waals surface area contributed by atoms with Crippen molar-refractivity contribution in [2.75, 3.05) is 0 Å². The first-order valence-electron chi connectivity index (χ1n) is 9.17. The van der Waals surface area contributed by atoms with Gasteiger partial charge >= 0.3 is 0 Å². The summed E-state index contributed by atoms with van der Waals surface area (Å²) >= 11 is 0. The number of aryl methyl sites for hydroxylation is 2. The highest BCUT2D eigenvalue weighted by molar-refractivity contribution is 5.85. The Morgan fingerprint density at radius 3 is 2.52 bits per heavy atom. The van der Waals surface area contributed by atoms with E-state index in [1.54, 1.807) is 24.4 Å². The molecule has 2 aromatic carbocycles. The van der Waals surface area contributed by atoms with Crippen LogP contribution in [0.25, 0.3) is 5.69 Å². The number of nitrogens with zero attached hydrogens (tertiary/aromatic N) is 3. The van der Waals surface area contributed by atoms with Crippen molar-refractivity contribution in [3.8, 4) is 5.69 Å². The number of para-hydroxylation sites is 1. The summed E-state index contributed by atoms with van der Waals surface area (Å²) in [5, 5.41) is 15.1. The Kier molecular flexibility index (Phi) is 5.87. The SMILES string of the molecule is Cc1ccc(-n2c(C)cc(/C=N\NC(=O)Cc3ccccc3[N+](=O)[O-])c2C)cc1. The van der Waals surface area contributed by atoms with Gasteiger partial charge in [-0.1, -0.05) is 35.9 Å². The lowest BCUT2D eigenvalue weighted by atomic mass is 10.1. The highest BCUT2D eigenvalue weighted by Crippen LogP contribution is 2.20. The summed E-state index contributed by atoms with van der Waals surface area (Å²) in [7, 11) is 0. The molecular weight excluding hydrogens is 368 g/mol. The van der Waals surface area contributed by atoms with E-state index in [0.717, 1.165) is 22.6 Å². The minimum absolute atomic E-state index is 0.0757. The molecule has 3 rings (SSSR count). The molecule has 0 saturated carbocycles. The molecule has 0 spiro atoms. The van der Waals surface area contributed by atoms with Crippen molar-refractivity contribution in [1.29, 1.82) is 0 Å². The highest BCUT2D eigenvalue weighted by atomic mass is 16.6. The molecule has 1 amide bonds. The van der Waals surface area contributed by atoms with Gasteiger partial charge in [0.05, 0.1) is 17.6 Å². The molecular formula is C22H22N4O3. The van der Waals surface area contributed by atoms with Crippen LogP contribution in [0.4, 0.5) is 5.69 Å². The lowest BCUT2D eigenvalue weighted by Gasteiger charge is -2.09. The number of hydrogen-bond acceptors (Lipinski definition) is 4. The second kappa shape index (κ2) is 8.52. The van der Waals surface area contributed by atoms with Crippen molar-refractivity contribution in [3.05, 3.63) is 92.8 Å². The van der Waals surface area contributed by atoms with E-state index in [-0.39, 0.29) is 12.1 Å². The van der Waals surface area contributed by atoms with Crippen molar-refractivity contribution in [2.24, 2.45) is 5.10 Å². The molecule has 0 aliphatic rings. The molecule has 7 nitrogen and oxygen atoms in total. The van der Waals surface area contributed by atoms with E-state index in [4.69, 9.17) is 0 Å². The smallest absolute Gasteiger partial charge is 0.273 e. The fraction of sp³-hybridized carbons (Fsp3) is 0.182. The molecule has 0 aliphatic heterocycles. The van der Waals surface area contributed by atoms with Gasteiger partial charge in [0.2, 0.25) is 5.91 Å². The van der Waals surface area contributed by atoms with Gasteiger partial charge in [0.1, 0.15) is 0 Å². The third-order valence-corrected chi connectivity index (χ3v) is 4.69. The molecule has 0 saturated heterocycles. The van der Waals surface area contributed by atoms with Crippen LogP contribution in [0, 0.1) is 30.9 Å². The first-order chi connectivity index (χ1) is 13.9. The zero-order valence-electron chi connectivity index (χ0n) is 16.5. The third kappa shape index (κ3) is 4.57. The molecule has 29 heavy (non-hydrogen) atoms. The predicted molar refractivity (Wildman–Crippen MR) is 113 cm³/mol. The monoisotopic (exact) mass is 390 g/mol. The van der Waals surface area contributed by atoms with Gasteiger partial charge in [-0.3, -0.25) is 14.9 Å². The zero-order chi connectivity index (χ0) is 21.0. The lowest BCUT2D eigenvalue weighted by Crippen LogP contribution is -2.20. The Labute approximate surface area is 168 Å². The normalized spacial score (nSPS) is 11.0. The Hall–Kier alpha value is -3.74. The zero-order valence-corrected chi connectivity index (χ0v) is 16.5. The van der Waals surface area contributed by atoms with Crippen LogP contribution in [0.5, 0.6) is 0 Å². The molecule has 0 radical (unpaired) electrons. The minimum atomic E-state index is -0.494. The van der Waals surface area contributed by atoms with Crippen LogP contribution in [0.3, 0.4) is 0 Å². The Bertz CT molecular complexity index is 1080. The maximum atomic E-state index is 12.1. The van der Waals surface area contributed by atoms with Crippen molar-refractivity contribution < 1.29 is 9.72 Å². The van der Waals surface area contributed by atoms with E-state index in [0.29, 0.717) is 5.56 Å². The number of hydrogen-bond donors (Lipinski definition) is 1. The highest BCUT2D eigenvalue weighted by Gasteiger charge is 2.15. The molecule has 3 aromatic rings. The molecule has 0 unspecified atom stereocenters. The number of carbonyl (C=O) groups excluding carboxylic acids is 1. The topological polar surface area (TPSA) is 89.5 Å². The number of aromatic nitrogens is 1. The average molecular weight is 390 g/mol. The molecule has 7 heteroatoms. The Morgan fingerprint density at radius 1 is 1.14 bits per heavy atom. The van der Waals surface area contributed by atoms with Gasteiger partial charge in [0.15, 0.2) is 0 Å². The first-order valence-corrected chi connectivity index (χ1v) is 9.17. The van der Waals surface area contributed by atoms with Crippen molar-refractivity contribution in [2.45, 2.75) is 27.2 Å². The molecule has 148 valence electrons. The van der Waals surface area contributed by atoms with Crippen molar-refractivity contribution in [1.82, 2.24) is 9.99 Å². The fourth-order valence-corrected chi connectivity index (χ4v) is 3.23. The second-order valence-electron chi connectivity index (χ2n) is 6.85. The van der Waals surface area contributed by atoms with Crippen LogP contribution < -0.4 is 5.43 Å². The predicted octanol–water partition coefficient (Wildman–Crippen LogP) is 4.00. The largest absolute Gasteiger partial charge is 0.318 e. The van der Waals surface area contributed by atoms with Gasteiger partial charge in [-0.05, 0) is 39.0 Å². The van der Waals surface area contributed by atoms with Crippen LogP contribution in [0.15, 0.2) is 59.7 Å². The Balaban J connectivity index is 1.71. The van der Waals surface area contributed by atoms with Gasteiger partial charge in [-0.25, -0.2) is 5.43 Å². The quantitative estimate of drug-likeness (QED) is 0.392. The van der Waals surface area contributed by atoms with E-state index < -0.39 is 10.8 Å². The number of carbonyl (C=O) groups is 1. The molecule has 1 aromatic heterocycles. The third-order valence-electron chi connectivity index (χ3n) is 4.69. The number of amides is 1.